The molecule has 0 amide bonds. The molecule has 0 spiro atoms. The van der Waals surface area contributed by atoms with Gasteiger partial charge in [-0.2, -0.15) is 0 Å². The average Bonchev–Trinajstić information content (AvgIpc) is 3.41. The van der Waals surface area contributed by atoms with Crippen molar-refractivity contribution < 1.29 is 22.3 Å². The molecule has 0 saturated heterocycles. The van der Waals surface area contributed by atoms with Crippen molar-refractivity contribution in [2.24, 2.45) is 0 Å². The van der Waals surface area contributed by atoms with Crippen LogP contribution in [-0.2, 0) is 10.0 Å². The molecule has 3 N–H and O–H groups in total. The van der Waals surface area contributed by atoms with Gasteiger partial charge in [0.25, 0.3) is 0 Å². The number of imidazole rings is 2. The molecular formula is C25H27F2N5O3S. The van der Waals surface area contributed by atoms with E-state index in [-0.39, 0.29) is 34.9 Å². The number of hydrogen-bond acceptors (Lipinski definition) is 6. The quantitative estimate of drug-likeness (QED) is 0.405. The number of aliphatic hydroxyl groups is 1. The Bertz CT molecular complexity index is 1550. The Labute approximate surface area is 207 Å². The van der Waals surface area contributed by atoms with Crippen molar-refractivity contribution in [3.8, 4) is 22.5 Å². The first-order valence-corrected chi connectivity index (χ1v) is 13.3. The third-order valence-corrected chi connectivity index (χ3v) is 8.91. The summed E-state index contributed by atoms with van der Waals surface area (Å²) in [6.07, 6.45) is 3.82. The van der Waals surface area contributed by atoms with Gasteiger partial charge in [-0.1, -0.05) is 12.1 Å². The van der Waals surface area contributed by atoms with Crippen LogP contribution in [0, 0.1) is 11.6 Å². The molecule has 36 heavy (non-hydrogen) atoms. The normalized spacial score (nSPS) is 18.8. The largest absolute Gasteiger partial charge is 0.393 e. The third-order valence-electron chi connectivity index (χ3n) is 6.82. The van der Waals surface area contributed by atoms with Crippen LogP contribution in [0.5, 0.6) is 0 Å². The lowest BCUT2D eigenvalue weighted by Gasteiger charge is -2.28. The number of anilines is 1. The van der Waals surface area contributed by atoms with Crippen LogP contribution in [0.25, 0.3) is 33.5 Å². The molecule has 0 atom stereocenters. The molecular weight excluding hydrogens is 488 g/mol. The van der Waals surface area contributed by atoms with Crippen LogP contribution in [-0.4, -0.2) is 43.4 Å². The van der Waals surface area contributed by atoms with E-state index in [1.54, 1.807) is 38.4 Å². The lowest BCUT2D eigenvalue weighted by molar-refractivity contribution is 0.111. The number of hydrogen-bond donors (Lipinski definition) is 2. The van der Waals surface area contributed by atoms with Gasteiger partial charge in [0, 0.05) is 17.2 Å². The fraction of sp³-hybridized carbons (Fsp3) is 0.360. The van der Waals surface area contributed by atoms with E-state index in [4.69, 9.17) is 5.73 Å². The van der Waals surface area contributed by atoms with E-state index in [0.717, 1.165) is 10.0 Å². The maximum atomic E-state index is 14.9. The topological polar surface area (TPSA) is 116 Å². The van der Waals surface area contributed by atoms with E-state index in [1.807, 2.05) is 4.57 Å². The molecule has 2 heterocycles. The van der Waals surface area contributed by atoms with Gasteiger partial charge in [0.05, 0.1) is 40.1 Å². The minimum absolute atomic E-state index is 0.00233. The average molecular weight is 516 g/mol. The Kier molecular flexibility index (Phi) is 6.08. The highest BCUT2D eigenvalue weighted by Crippen LogP contribution is 2.40. The van der Waals surface area contributed by atoms with Crippen LogP contribution in [0.15, 0.2) is 42.7 Å². The van der Waals surface area contributed by atoms with Gasteiger partial charge in [0.15, 0.2) is 11.6 Å². The SMILES string of the molecule is CC(C)S(=O)(=O)n1c(N)nc2ccc(-c3c(-c4cccc(F)c4F)ncn3[C@H]3CC[C@H](O)CC3)cc21. The summed E-state index contributed by atoms with van der Waals surface area (Å²) in [7, 11) is -3.82. The third kappa shape index (κ3) is 3.96. The lowest BCUT2D eigenvalue weighted by Crippen LogP contribution is -2.23. The molecule has 0 unspecified atom stereocenters. The number of aromatic nitrogens is 4. The van der Waals surface area contributed by atoms with Crippen LogP contribution in [0.3, 0.4) is 0 Å². The standard InChI is InChI=1S/C25H27F2N5O3S/c1-14(2)36(34,35)32-21-12-15(6-11-20(21)30-25(32)28)24-23(18-4-3-5-19(26)22(18)27)29-13-31(24)16-7-9-17(33)10-8-16/h3-6,11-14,16-17,33H,7-10H2,1-2H3,(H2,28,30)/t16-,17-. The van der Waals surface area contributed by atoms with Crippen molar-refractivity contribution in [1.82, 2.24) is 18.5 Å². The summed E-state index contributed by atoms with van der Waals surface area (Å²) >= 11 is 0. The summed E-state index contributed by atoms with van der Waals surface area (Å²) in [6.45, 7) is 3.11. The van der Waals surface area contributed by atoms with Crippen LogP contribution in [0.1, 0.15) is 45.6 Å². The molecule has 2 aromatic carbocycles. The first-order chi connectivity index (χ1) is 17.1. The highest BCUT2D eigenvalue weighted by molar-refractivity contribution is 7.90. The second kappa shape index (κ2) is 8.97. The van der Waals surface area contributed by atoms with E-state index in [2.05, 4.69) is 9.97 Å². The lowest BCUT2D eigenvalue weighted by atomic mass is 9.92. The van der Waals surface area contributed by atoms with Gasteiger partial charge in [-0.05, 0) is 63.8 Å². The zero-order valence-electron chi connectivity index (χ0n) is 19.9. The molecule has 11 heteroatoms. The minimum atomic E-state index is -3.82. The first-order valence-electron chi connectivity index (χ1n) is 11.8. The van der Waals surface area contributed by atoms with Crippen molar-refractivity contribution in [1.29, 1.82) is 0 Å². The van der Waals surface area contributed by atoms with E-state index in [0.29, 0.717) is 42.5 Å². The highest BCUT2D eigenvalue weighted by atomic mass is 32.2. The summed E-state index contributed by atoms with van der Waals surface area (Å²) in [6, 6.07) is 8.94. The molecule has 1 aliphatic rings. The van der Waals surface area contributed by atoms with Gasteiger partial charge in [-0.25, -0.2) is 31.1 Å². The van der Waals surface area contributed by atoms with Gasteiger partial charge >= 0.3 is 0 Å². The molecule has 1 saturated carbocycles. The molecule has 1 aliphatic carbocycles. The van der Waals surface area contributed by atoms with E-state index in [1.165, 1.54) is 12.1 Å². The van der Waals surface area contributed by atoms with Crippen LogP contribution < -0.4 is 5.73 Å². The molecule has 8 nitrogen and oxygen atoms in total. The van der Waals surface area contributed by atoms with E-state index in [9.17, 15) is 22.3 Å². The van der Waals surface area contributed by atoms with Crippen molar-refractivity contribution in [2.75, 3.05) is 5.73 Å². The molecule has 190 valence electrons. The Morgan fingerprint density at radius 2 is 1.83 bits per heavy atom. The van der Waals surface area contributed by atoms with Crippen molar-refractivity contribution >= 4 is 27.0 Å². The van der Waals surface area contributed by atoms with Crippen molar-refractivity contribution in [3.63, 3.8) is 0 Å². The molecule has 4 aromatic rings. The molecule has 5 rings (SSSR count). The monoisotopic (exact) mass is 515 g/mol. The number of fused-ring (bicyclic) bond motifs is 1. The number of aliphatic hydroxyl groups excluding tert-OH is 1. The van der Waals surface area contributed by atoms with Crippen molar-refractivity contribution in [2.45, 2.75) is 56.9 Å². The van der Waals surface area contributed by atoms with Crippen LogP contribution in [0.4, 0.5) is 14.7 Å². The number of halogens is 2. The molecule has 0 bridgehead atoms. The van der Waals surface area contributed by atoms with E-state index >= 15 is 0 Å². The summed E-state index contributed by atoms with van der Waals surface area (Å²) < 4.78 is 58.1. The van der Waals surface area contributed by atoms with Crippen LogP contribution in [0.2, 0.25) is 0 Å². The van der Waals surface area contributed by atoms with E-state index < -0.39 is 26.9 Å². The van der Waals surface area contributed by atoms with Crippen LogP contribution >= 0.6 is 0 Å². The Balaban J connectivity index is 1.76. The Hall–Kier alpha value is -3.31. The second-order valence-electron chi connectivity index (χ2n) is 9.44. The molecule has 0 aliphatic heterocycles. The molecule has 0 radical (unpaired) electrons. The summed E-state index contributed by atoms with van der Waals surface area (Å²) in [5.74, 6) is -2.15. The van der Waals surface area contributed by atoms with Crippen molar-refractivity contribution in [3.05, 3.63) is 54.4 Å². The summed E-state index contributed by atoms with van der Waals surface area (Å²) in [5, 5.41) is 9.25. The van der Waals surface area contributed by atoms with Gasteiger partial charge in [0.1, 0.15) is 0 Å². The van der Waals surface area contributed by atoms with Gasteiger partial charge < -0.3 is 15.4 Å². The first kappa shape index (κ1) is 24.4. The Morgan fingerprint density at radius 3 is 2.53 bits per heavy atom. The zero-order valence-corrected chi connectivity index (χ0v) is 20.7. The maximum absolute atomic E-state index is 14.9. The minimum Gasteiger partial charge on any atom is -0.393 e. The molecule has 2 aromatic heterocycles. The maximum Gasteiger partial charge on any atom is 0.244 e. The summed E-state index contributed by atoms with van der Waals surface area (Å²) in [5.41, 5.74) is 8.01. The van der Waals surface area contributed by atoms with Gasteiger partial charge in [-0.3, -0.25) is 0 Å². The number of benzene rings is 2. The molecule has 1 fully saturated rings. The highest BCUT2D eigenvalue weighted by Gasteiger charge is 2.28. The predicted octanol–water partition coefficient (Wildman–Crippen LogP) is 4.49. The smallest absolute Gasteiger partial charge is 0.244 e. The second-order valence-corrected chi connectivity index (χ2v) is 11.8. The number of nitrogens with zero attached hydrogens (tertiary/aromatic N) is 4. The number of nitrogens with two attached hydrogens (primary N) is 1. The fourth-order valence-corrected chi connectivity index (χ4v) is 5.99. The fourth-order valence-electron chi connectivity index (χ4n) is 4.84. The number of nitrogen functional groups attached to an aromatic ring is 1. The van der Waals surface area contributed by atoms with Gasteiger partial charge in [0.2, 0.25) is 16.0 Å². The number of rotatable bonds is 5. The summed E-state index contributed by atoms with van der Waals surface area (Å²) in [4.78, 5) is 8.68. The Morgan fingerprint density at radius 1 is 1.11 bits per heavy atom. The van der Waals surface area contributed by atoms with Gasteiger partial charge in [-0.15, -0.1) is 0 Å². The predicted molar refractivity (Wildman–Crippen MR) is 134 cm³/mol. The zero-order chi connectivity index (χ0) is 25.8.